The molecule has 1 aliphatic rings. The molecule has 24 heavy (non-hydrogen) atoms. The zero-order valence-electron chi connectivity index (χ0n) is 14.9. The summed E-state index contributed by atoms with van der Waals surface area (Å²) in [6.07, 6.45) is 1.67. The fourth-order valence-electron chi connectivity index (χ4n) is 2.92. The molecule has 0 aromatic carbocycles. The van der Waals surface area contributed by atoms with Gasteiger partial charge in [0.05, 0.1) is 17.2 Å². The van der Waals surface area contributed by atoms with Crippen molar-refractivity contribution in [1.29, 1.82) is 0 Å². The Morgan fingerprint density at radius 3 is 2.79 bits per heavy atom. The highest BCUT2D eigenvalue weighted by Crippen LogP contribution is 2.18. The first-order valence-corrected chi connectivity index (χ1v) is 10.5. The SMILES string of the molecule is CCNC(=NCC1CCS(=O)(=O)C1)NCCCn1nc(C)cc1C. The average molecular weight is 356 g/mol. The van der Waals surface area contributed by atoms with E-state index in [4.69, 9.17) is 0 Å². The lowest BCUT2D eigenvalue weighted by molar-refractivity contribution is 0.553. The molecule has 2 rings (SSSR count). The van der Waals surface area contributed by atoms with E-state index in [1.165, 1.54) is 5.69 Å². The summed E-state index contributed by atoms with van der Waals surface area (Å²) in [5.74, 6) is 1.49. The van der Waals surface area contributed by atoms with Crippen molar-refractivity contribution in [3.8, 4) is 0 Å². The van der Waals surface area contributed by atoms with Crippen LogP contribution in [0.3, 0.4) is 0 Å². The van der Waals surface area contributed by atoms with Crippen molar-refractivity contribution in [2.24, 2.45) is 10.9 Å². The van der Waals surface area contributed by atoms with Gasteiger partial charge < -0.3 is 10.6 Å². The van der Waals surface area contributed by atoms with Crippen LogP contribution in [-0.4, -0.2) is 55.3 Å². The van der Waals surface area contributed by atoms with E-state index in [0.717, 1.165) is 44.1 Å². The summed E-state index contributed by atoms with van der Waals surface area (Å²) in [6.45, 7) is 9.10. The molecule has 0 saturated carbocycles. The fraction of sp³-hybridized carbons (Fsp3) is 0.750. The zero-order chi connectivity index (χ0) is 17.6. The molecule has 1 aromatic rings. The van der Waals surface area contributed by atoms with Crippen LogP contribution in [0.5, 0.6) is 0 Å². The van der Waals surface area contributed by atoms with E-state index in [0.29, 0.717) is 12.3 Å². The maximum atomic E-state index is 11.5. The lowest BCUT2D eigenvalue weighted by Crippen LogP contribution is -2.38. The second-order valence-electron chi connectivity index (χ2n) is 6.42. The quantitative estimate of drug-likeness (QED) is 0.431. The fourth-order valence-corrected chi connectivity index (χ4v) is 4.76. The molecule has 0 amide bonds. The summed E-state index contributed by atoms with van der Waals surface area (Å²) >= 11 is 0. The van der Waals surface area contributed by atoms with Gasteiger partial charge in [-0.15, -0.1) is 0 Å². The number of nitrogens with zero attached hydrogens (tertiary/aromatic N) is 3. The number of aryl methyl sites for hydroxylation is 3. The van der Waals surface area contributed by atoms with E-state index < -0.39 is 9.84 Å². The lowest BCUT2D eigenvalue weighted by atomic mass is 10.1. The molecule has 136 valence electrons. The minimum Gasteiger partial charge on any atom is -0.357 e. The largest absolute Gasteiger partial charge is 0.357 e. The van der Waals surface area contributed by atoms with E-state index in [1.807, 2.05) is 18.5 Å². The predicted molar refractivity (Wildman–Crippen MR) is 97.1 cm³/mol. The number of aliphatic imine (C=N–C) groups is 1. The highest BCUT2D eigenvalue weighted by Gasteiger charge is 2.27. The topological polar surface area (TPSA) is 88.4 Å². The Bertz CT molecular complexity index is 666. The van der Waals surface area contributed by atoms with Crippen molar-refractivity contribution in [3.05, 3.63) is 17.5 Å². The zero-order valence-corrected chi connectivity index (χ0v) is 15.7. The maximum absolute atomic E-state index is 11.5. The number of sulfone groups is 1. The molecular formula is C16H29N5O2S. The monoisotopic (exact) mass is 355 g/mol. The molecule has 2 N–H and O–H groups in total. The van der Waals surface area contributed by atoms with Crippen molar-refractivity contribution in [3.63, 3.8) is 0 Å². The van der Waals surface area contributed by atoms with Gasteiger partial charge in [0.2, 0.25) is 0 Å². The molecule has 2 heterocycles. The molecule has 0 aliphatic carbocycles. The van der Waals surface area contributed by atoms with Crippen molar-refractivity contribution in [2.45, 2.75) is 40.2 Å². The van der Waals surface area contributed by atoms with Crippen LogP contribution < -0.4 is 10.6 Å². The third-order valence-corrected chi connectivity index (χ3v) is 5.96. The highest BCUT2D eigenvalue weighted by molar-refractivity contribution is 7.91. The van der Waals surface area contributed by atoms with Crippen LogP contribution in [-0.2, 0) is 16.4 Å². The van der Waals surface area contributed by atoms with Gasteiger partial charge in [-0.05, 0) is 45.6 Å². The minimum atomic E-state index is -2.83. The minimum absolute atomic E-state index is 0.153. The number of rotatable bonds is 7. The molecule has 1 unspecified atom stereocenters. The first kappa shape index (κ1) is 18.8. The van der Waals surface area contributed by atoms with Crippen LogP contribution in [0, 0.1) is 19.8 Å². The molecule has 1 atom stereocenters. The normalized spacial score (nSPS) is 20.3. The van der Waals surface area contributed by atoms with E-state index >= 15 is 0 Å². The third-order valence-electron chi connectivity index (χ3n) is 4.12. The predicted octanol–water partition coefficient (Wildman–Crippen LogP) is 0.880. The van der Waals surface area contributed by atoms with Crippen LogP contribution in [0.4, 0.5) is 0 Å². The number of aromatic nitrogens is 2. The van der Waals surface area contributed by atoms with E-state index in [-0.39, 0.29) is 11.7 Å². The molecule has 8 heteroatoms. The first-order valence-electron chi connectivity index (χ1n) is 8.63. The maximum Gasteiger partial charge on any atom is 0.191 e. The summed E-state index contributed by atoms with van der Waals surface area (Å²) in [7, 11) is -2.83. The standard InChI is InChI=1S/C16H29N5O2S/c1-4-17-16(19-11-15-6-9-24(22,23)12-15)18-7-5-8-21-14(3)10-13(2)20-21/h10,15H,4-9,11-12H2,1-3H3,(H2,17,18,19). The summed E-state index contributed by atoms with van der Waals surface area (Å²) in [5, 5.41) is 11.0. The summed E-state index contributed by atoms with van der Waals surface area (Å²) < 4.78 is 25.0. The number of guanidine groups is 1. The van der Waals surface area contributed by atoms with E-state index in [2.05, 4.69) is 33.7 Å². The van der Waals surface area contributed by atoms with Gasteiger partial charge in [-0.1, -0.05) is 0 Å². The van der Waals surface area contributed by atoms with Gasteiger partial charge in [-0.25, -0.2) is 8.42 Å². The van der Waals surface area contributed by atoms with E-state index in [1.54, 1.807) is 0 Å². The molecule has 7 nitrogen and oxygen atoms in total. The molecule has 1 saturated heterocycles. The molecule has 1 fully saturated rings. The molecule has 0 spiro atoms. The van der Waals surface area contributed by atoms with Crippen LogP contribution in [0.15, 0.2) is 11.1 Å². The van der Waals surface area contributed by atoms with Gasteiger partial charge in [0.1, 0.15) is 0 Å². The molecule has 0 bridgehead atoms. The van der Waals surface area contributed by atoms with E-state index in [9.17, 15) is 8.42 Å². The van der Waals surface area contributed by atoms with Crippen molar-refractivity contribution < 1.29 is 8.42 Å². The number of hydrogen-bond donors (Lipinski definition) is 2. The number of nitrogens with one attached hydrogen (secondary N) is 2. The van der Waals surface area contributed by atoms with Gasteiger partial charge in [-0.3, -0.25) is 9.67 Å². The van der Waals surface area contributed by atoms with Gasteiger partial charge in [0.15, 0.2) is 15.8 Å². The van der Waals surface area contributed by atoms with Gasteiger partial charge in [-0.2, -0.15) is 5.10 Å². The van der Waals surface area contributed by atoms with Gasteiger partial charge in [0.25, 0.3) is 0 Å². The molecule has 0 radical (unpaired) electrons. The Morgan fingerprint density at radius 1 is 1.42 bits per heavy atom. The van der Waals surface area contributed by atoms with Crippen molar-refractivity contribution in [1.82, 2.24) is 20.4 Å². The van der Waals surface area contributed by atoms with Crippen LogP contribution in [0.25, 0.3) is 0 Å². The highest BCUT2D eigenvalue weighted by atomic mass is 32.2. The number of hydrogen-bond acceptors (Lipinski definition) is 4. The Labute approximate surface area is 144 Å². The van der Waals surface area contributed by atoms with Crippen molar-refractivity contribution >= 4 is 15.8 Å². The summed E-state index contributed by atoms with van der Waals surface area (Å²) in [4.78, 5) is 4.53. The van der Waals surface area contributed by atoms with Crippen LogP contribution in [0.1, 0.15) is 31.2 Å². The Morgan fingerprint density at radius 2 is 2.21 bits per heavy atom. The Kier molecular flexibility index (Phi) is 6.65. The van der Waals surface area contributed by atoms with Gasteiger partial charge >= 0.3 is 0 Å². The second kappa shape index (κ2) is 8.50. The molecular weight excluding hydrogens is 326 g/mol. The third kappa shape index (κ3) is 5.81. The van der Waals surface area contributed by atoms with Gasteiger partial charge in [0, 0.05) is 31.9 Å². The summed E-state index contributed by atoms with van der Waals surface area (Å²) in [5.41, 5.74) is 2.22. The average Bonchev–Trinajstić information content (AvgIpc) is 3.02. The smallest absolute Gasteiger partial charge is 0.191 e. The lowest BCUT2D eigenvalue weighted by Gasteiger charge is -2.13. The Hall–Kier alpha value is -1.57. The van der Waals surface area contributed by atoms with Crippen molar-refractivity contribution in [2.75, 3.05) is 31.1 Å². The first-order chi connectivity index (χ1) is 11.4. The Balaban J connectivity index is 1.76. The van der Waals surface area contributed by atoms with Crippen LogP contribution >= 0.6 is 0 Å². The molecule has 1 aliphatic heterocycles. The second-order valence-corrected chi connectivity index (χ2v) is 8.65. The van der Waals surface area contributed by atoms with Crippen LogP contribution in [0.2, 0.25) is 0 Å². The summed E-state index contributed by atoms with van der Waals surface area (Å²) in [6, 6.07) is 2.08. The molecule has 1 aromatic heterocycles.